The molecule has 1 aliphatic carbocycles. The summed E-state index contributed by atoms with van der Waals surface area (Å²) in [6.07, 6.45) is 1.15. The number of carbonyl (C=O) groups is 4. The number of aryl methyl sites for hydroxylation is 1. The van der Waals surface area contributed by atoms with Crippen LogP contribution in [0.2, 0.25) is 10.0 Å². The van der Waals surface area contributed by atoms with Gasteiger partial charge < -0.3 is 30.1 Å². The van der Waals surface area contributed by atoms with Gasteiger partial charge in [-0.05, 0) is 47.9 Å². The van der Waals surface area contributed by atoms with Crippen LogP contribution in [0, 0.1) is 11.8 Å². The summed E-state index contributed by atoms with van der Waals surface area (Å²) in [6, 6.07) is 10.8. The number of nitrogens with zero attached hydrogens (tertiary/aromatic N) is 2. The first kappa shape index (κ1) is 37.6. The maximum Gasteiger partial charge on any atom is 0.408 e. The van der Waals surface area contributed by atoms with E-state index in [0.717, 1.165) is 22.2 Å². The summed E-state index contributed by atoms with van der Waals surface area (Å²) in [5.74, 6) is -1.79. The number of nitrogens with one attached hydrogen (secondary N) is 5. The standard InChI is InChI=1S/C36H43Cl2N7O6/c1-6-19(3)28(42-35(49)50-18-22-11-9-8-10-12-22)31(47)43-36(14-13-27-25(17-36)24-15-23(37)16-26(38)30(24)40-27)33(48)41-29(20(4)7-2)32-44-45-34(51-32)39-21(5)46/h8-12,15-16,19-20,28-29,40H,6-7,13-14,17-18H2,1-5H3,(H,41,48)(H,42,49)(H,43,47)(H,39,45,46)/t19?,20?,28-,29-,36+/m0/s1. The van der Waals surface area contributed by atoms with E-state index in [4.69, 9.17) is 32.4 Å². The van der Waals surface area contributed by atoms with E-state index in [1.165, 1.54) is 6.92 Å². The summed E-state index contributed by atoms with van der Waals surface area (Å²) < 4.78 is 11.2. The highest BCUT2D eigenvalue weighted by Crippen LogP contribution is 2.39. The topological polar surface area (TPSA) is 180 Å². The van der Waals surface area contributed by atoms with Crippen LogP contribution in [0.3, 0.4) is 0 Å². The molecule has 0 saturated heterocycles. The highest BCUT2D eigenvalue weighted by Gasteiger charge is 2.47. The number of H-pyrrole nitrogens is 1. The average molecular weight is 741 g/mol. The zero-order chi connectivity index (χ0) is 36.9. The lowest BCUT2D eigenvalue weighted by atomic mass is 9.78. The van der Waals surface area contributed by atoms with Crippen molar-refractivity contribution in [3.05, 3.63) is 75.2 Å². The predicted octanol–water partition coefficient (Wildman–Crippen LogP) is 6.40. The highest BCUT2D eigenvalue weighted by molar-refractivity contribution is 6.38. The van der Waals surface area contributed by atoms with E-state index in [0.29, 0.717) is 34.8 Å². The Morgan fingerprint density at radius 1 is 1.02 bits per heavy atom. The van der Waals surface area contributed by atoms with Crippen molar-refractivity contribution in [3.63, 3.8) is 0 Å². The molecule has 4 aromatic rings. The molecule has 0 fully saturated rings. The molecule has 2 heterocycles. The van der Waals surface area contributed by atoms with E-state index in [9.17, 15) is 19.2 Å². The summed E-state index contributed by atoms with van der Waals surface area (Å²) in [5, 5.41) is 21.0. The molecule has 2 unspecified atom stereocenters. The van der Waals surface area contributed by atoms with E-state index < -0.39 is 35.5 Å². The van der Waals surface area contributed by atoms with Crippen molar-refractivity contribution < 1.29 is 28.3 Å². The molecular weight excluding hydrogens is 697 g/mol. The second-order valence-corrected chi connectivity index (χ2v) is 14.0. The van der Waals surface area contributed by atoms with Crippen molar-refractivity contribution in [3.8, 4) is 0 Å². The number of hydrogen-bond acceptors (Lipinski definition) is 8. The van der Waals surface area contributed by atoms with E-state index in [-0.39, 0.29) is 49.1 Å². The summed E-state index contributed by atoms with van der Waals surface area (Å²) >= 11 is 13.0. The summed E-state index contributed by atoms with van der Waals surface area (Å²) in [5.41, 5.74) is 1.66. The lowest BCUT2D eigenvalue weighted by molar-refractivity contribution is -0.136. The first-order chi connectivity index (χ1) is 24.3. The van der Waals surface area contributed by atoms with Gasteiger partial charge >= 0.3 is 12.1 Å². The molecule has 13 nitrogen and oxygen atoms in total. The van der Waals surface area contributed by atoms with Crippen LogP contribution >= 0.6 is 23.2 Å². The second kappa shape index (κ2) is 16.2. The lowest BCUT2D eigenvalue weighted by Gasteiger charge is -2.39. The zero-order valence-electron chi connectivity index (χ0n) is 29.2. The number of anilines is 1. The normalized spacial score (nSPS) is 17.8. The molecule has 1 aliphatic rings. The quantitative estimate of drug-likeness (QED) is 0.104. The fraction of sp³-hybridized carbons (Fsp3) is 0.444. The van der Waals surface area contributed by atoms with Gasteiger partial charge in [-0.15, -0.1) is 5.10 Å². The third-order valence-electron chi connectivity index (χ3n) is 9.57. The Labute approximate surface area is 305 Å². The number of halogens is 2. The first-order valence-electron chi connectivity index (χ1n) is 17.0. The number of hydrogen-bond donors (Lipinski definition) is 5. The Morgan fingerprint density at radius 3 is 2.43 bits per heavy atom. The second-order valence-electron chi connectivity index (χ2n) is 13.2. The minimum absolute atomic E-state index is 0.0264. The predicted molar refractivity (Wildman–Crippen MR) is 193 cm³/mol. The van der Waals surface area contributed by atoms with Crippen molar-refractivity contribution in [2.45, 2.75) is 91.0 Å². The van der Waals surface area contributed by atoms with Gasteiger partial charge in [0.15, 0.2) is 0 Å². The van der Waals surface area contributed by atoms with Crippen molar-refractivity contribution >= 4 is 63.9 Å². The zero-order valence-corrected chi connectivity index (χ0v) is 30.7. The third-order valence-corrected chi connectivity index (χ3v) is 10.1. The van der Waals surface area contributed by atoms with Crippen LogP contribution in [0.15, 0.2) is 46.9 Å². The van der Waals surface area contributed by atoms with Gasteiger partial charge in [-0.1, -0.05) is 99.2 Å². The number of fused-ring (bicyclic) bond motifs is 3. The van der Waals surface area contributed by atoms with Crippen LogP contribution < -0.4 is 21.3 Å². The van der Waals surface area contributed by atoms with Crippen molar-refractivity contribution in [2.24, 2.45) is 11.8 Å². The molecular formula is C36H43Cl2N7O6. The van der Waals surface area contributed by atoms with Gasteiger partial charge in [-0.3, -0.25) is 19.7 Å². The maximum atomic E-state index is 14.7. The number of alkyl carbamates (subject to hydrolysis) is 1. The number of aromatic amines is 1. The monoisotopic (exact) mass is 739 g/mol. The van der Waals surface area contributed by atoms with Gasteiger partial charge in [0, 0.05) is 29.4 Å². The molecule has 5 N–H and O–H groups in total. The van der Waals surface area contributed by atoms with Crippen LogP contribution in [0.5, 0.6) is 0 Å². The molecule has 2 aromatic heterocycles. The minimum atomic E-state index is -1.48. The summed E-state index contributed by atoms with van der Waals surface area (Å²) in [4.78, 5) is 57.0. The third kappa shape index (κ3) is 8.65. The van der Waals surface area contributed by atoms with Gasteiger partial charge in [0.1, 0.15) is 24.2 Å². The molecule has 0 aliphatic heterocycles. The number of amides is 4. The Bertz CT molecular complexity index is 1900. The van der Waals surface area contributed by atoms with Gasteiger partial charge in [-0.2, -0.15) is 0 Å². The number of carbonyl (C=O) groups excluding carboxylic acids is 4. The Hall–Kier alpha value is -4.62. The molecule has 5 rings (SSSR count). The first-order valence-corrected chi connectivity index (χ1v) is 17.8. The number of ether oxygens (including phenoxy) is 1. The average Bonchev–Trinajstić information content (AvgIpc) is 3.72. The Balaban J connectivity index is 1.48. The van der Waals surface area contributed by atoms with Crippen LogP contribution in [0.25, 0.3) is 10.9 Å². The van der Waals surface area contributed by atoms with Gasteiger partial charge in [0.05, 0.1) is 10.5 Å². The van der Waals surface area contributed by atoms with Crippen molar-refractivity contribution in [1.82, 2.24) is 31.1 Å². The fourth-order valence-corrected chi connectivity index (χ4v) is 6.80. The van der Waals surface area contributed by atoms with Gasteiger partial charge in [0.2, 0.25) is 23.6 Å². The van der Waals surface area contributed by atoms with Gasteiger partial charge in [-0.25, -0.2) is 4.79 Å². The number of aromatic nitrogens is 3. The highest BCUT2D eigenvalue weighted by atomic mass is 35.5. The van der Waals surface area contributed by atoms with Crippen LogP contribution in [-0.4, -0.2) is 50.6 Å². The molecule has 4 amide bonds. The van der Waals surface area contributed by atoms with Crippen molar-refractivity contribution in [1.29, 1.82) is 0 Å². The SMILES string of the molecule is CCC(C)[C@H](NC(=O)OCc1ccccc1)C(=O)N[C@]1(C(=O)N[C@H](c2nnc(NC(C)=O)o2)C(C)CC)CCc2[nH]c3c(Cl)cc(Cl)cc3c2C1. The summed E-state index contributed by atoms with van der Waals surface area (Å²) in [7, 11) is 0. The molecule has 15 heteroatoms. The molecule has 272 valence electrons. The van der Waals surface area contributed by atoms with E-state index in [1.54, 1.807) is 12.1 Å². The molecule has 51 heavy (non-hydrogen) atoms. The van der Waals surface area contributed by atoms with Crippen LogP contribution in [0.1, 0.15) is 82.6 Å². The van der Waals surface area contributed by atoms with E-state index in [1.807, 2.05) is 58.0 Å². The minimum Gasteiger partial charge on any atom is -0.445 e. The molecule has 5 atom stereocenters. The molecule has 0 radical (unpaired) electrons. The number of benzene rings is 2. The fourth-order valence-electron chi connectivity index (χ4n) is 6.26. The van der Waals surface area contributed by atoms with Crippen LogP contribution in [0.4, 0.5) is 10.8 Å². The Kier molecular flexibility index (Phi) is 11.9. The van der Waals surface area contributed by atoms with Crippen molar-refractivity contribution in [2.75, 3.05) is 5.32 Å². The smallest absolute Gasteiger partial charge is 0.408 e. The maximum absolute atomic E-state index is 14.7. The molecule has 0 bridgehead atoms. The number of rotatable bonds is 13. The lowest BCUT2D eigenvalue weighted by Crippen LogP contribution is -2.65. The molecule has 0 saturated carbocycles. The summed E-state index contributed by atoms with van der Waals surface area (Å²) in [6.45, 7) is 8.98. The van der Waals surface area contributed by atoms with E-state index >= 15 is 0 Å². The van der Waals surface area contributed by atoms with Gasteiger partial charge in [0.25, 0.3) is 0 Å². The molecule has 2 aromatic carbocycles. The molecule has 0 spiro atoms. The van der Waals surface area contributed by atoms with E-state index in [2.05, 4.69) is 36.4 Å². The van der Waals surface area contributed by atoms with Crippen LogP contribution in [-0.2, 0) is 38.6 Å². The largest absolute Gasteiger partial charge is 0.445 e. The Morgan fingerprint density at radius 2 is 1.75 bits per heavy atom.